The van der Waals surface area contributed by atoms with Gasteiger partial charge in [0.15, 0.2) is 0 Å². The summed E-state index contributed by atoms with van der Waals surface area (Å²) in [4.78, 5) is 25.0. The number of hydrogen-bond donors (Lipinski definition) is 1. The van der Waals surface area contributed by atoms with Gasteiger partial charge >= 0.3 is 5.97 Å². The molecule has 1 aliphatic heterocycles. The second kappa shape index (κ2) is 6.41. The summed E-state index contributed by atoms with van der Waals surface area (Å²) in [6.07, 6.45) is 0. The van der Waals surface area contributed by atoms with E-state index in [0.717, 1.165) is 6.07 Å². The first-order chi connectivity index (χ1) is 9.97. The number of rotatable bonds is 4. The highest BCUT2D eigenvalue weighted by Gasteiger charge is 2.40. The van der Waals surface area contributed by atoms with Crippen LogP contribution in [0.1, 0.15) is 17.3 Å². The van der Waals surface area contributed by atoms with Gasteiger partial charge in [-0.3, -0.25) is 9.59 Å². The number of likely N-dealkylation sites (N-methyl/N-ethyl adjacent to an activating group) is 1. The number of aliphatic carboxylic acids is 1. The quantitative estimate of drug-likeness (QED) is 0.923. The second-order valence-corrected chi connectivity index (χ2v) is 5.14. The lowest BCUT2D eigenvalue weighted by Gasteiger charge is -2.29. The van der Waals surface area contributed by atoms with E-state index in [0.29, 0.717) is 0 Å². The zero-order valence-corrected chi connectivity index (χ0v) is 12.1. The molecule has 0 aromatic heterocycles. The Morgan fingerprint density at radius 3 is 2.76 bits per heavy atom. The maximum Gasteiger partial charge on any atom is 0.311 e. The van der Waals surface area contributed by atoms with Gasteiger partial charge in [-0.2, -0.15) is 0 Å². The first-order valence-corrected chi connectivity index (χ1v) is 6.90. The Hall–Kier alpha value is -1.66. The Bertz CT molecular complexity index is 546. The Balaban J connectivity index is 2.33. The average molecular weight is 316 g/mol. The van der Waals surface area contributed by atoms with E-state index in [4.69, 9.17) is 16.3 Å². The number of benzene rings is 1. The van der Waals surface area contributed by atoms with Crippen molar-refractivity contribution in [3.05, 3.63) is 34.6 Å². The normalized spacial score (nSPS) is 21.3. The Kier molecular flexibility index (Phi) is 4.80. The van der Waals surface area contributed by atoms with Crippen LogP contribution in [0.25, 0.3) is 0 Å². The van der Waals surface area contributed by atoms with Crippen LogP contribution in [0.3, 0.4) is 0 Å². The molecule has 2 unspecified atom stereocenters. The van der Waals surface area contributed by atoms with Crippen LogP contribution in [0.2, 0.25) is 5.02 Å². The summed E-state index contributed by atoms with van der Waals surface area (Å²) in [6.45, 7) is 2.09. The van der Waals surface area contributed by atoms with E-state index in [1.807, 2.05) is 0 Å². The fraction of sp³-hybridized carbons (Fsp3) is 0.429. The molecule has 1 fully saturated rings. The highest BCUT2D eigenvalue weighted by atomic mass is 35.5. The molecule has 5 nitrogen and oxygen atoms in total. The van der Waals surface area contributed by atoms with Crippen molar-refractivity contribution in [2.75, 3.05) is 19.8 Å². The number of hydrogen-bond acceptors (Lipinski definition) is 3. The molecule has 1 amide bonds. The first-order valence-electron chi connectivity index (χ1n) is 6.52. The number of carboxylic acid groups (broad SMARTS) is 1. The zero-order chi connectivity index (χ0) is 15.6. The summed E-state index contributed by atoms with van der Waals surface area (Å²) in [6, 6.07) is 3.34. The highest BCUT2D eigenvalue weighted by Crippen LogP contribution is 2.26. The minimum atomic E-state index is -1.04. The van der Waals surface area contributed by atoms with Gasteiger partial charge in [0.2, 0.25) is 0 Å². The molecule has 1 aromatic rings. The lowest BCUT2D eigenvalue weighted by atomic mass is 10.0. The van der Waals surface area contributed by atoms with Crippen LogP contribution in [-0.4, -0.2) is 47.7 Å². The Labute approximate surface area is 126 Å². The predicted octanol–water partition coefficient (Wildman–Crippen LogP) is 2.04. The molecule has 2 rings (SSSR count). The van der Waals surface area contributed by atoms with Crippen molar-refractivity contribution < 1.29 is 23.8 Å². The lowest BCUT2D eigenvalue weighted by Crippen LogP contribution is -2.46. The van der Waals surface area contributed by atoms with E-state index in [2.05, 4.69) is 0 Å². The van der Waals surface area contributed by atoms with Gasteiger partial charge in [0, 0.05) is 6.54 Å². The topological polar surface area (TPSA) is 66.8 Å². The van der Waals surface area contributed by atoms with Crippen molar-refractivity contribution in [1.82, 2.24) is 4.90 Å². The van der Waals surface area contributed by atoms with E-state index in [9.17, 15) is 19.1 Å². The van der Waals surface area contributed by atoms with Crippen LogP contribution in [0.15, 0.2) is 18.2 Å². The number of nitrogens with zero attached hydrogens (tertiary/aromatic N) is 1. The van der Waals surface area contributed by atoms with Crippen molar-refractivity contribution in [2.24, 2.45) is 5.92 Å². The maximum atomic E-state index is 13.9. The first kappa shape index (κ1) is 15.7. The number of halogens is 2. The molecule has 0 bridgehead atoms. The van der Waals surface area contributed by atoms with Gasteiger partial charge in [-0.05, 0) is 19.1 Å². The molecule has 1 aromatic carbocycles. The van der Waals surface area contributed by atoms with Crippen LogP contribution in [0.4, 0.5) is 4.39 Å². The number of carbonyl (C=O) groups is 2. The van der Waals surface area contributed by atoms with Gasteiger partial charge in [-0.15, -0.1) is 0 Å². The SMILES string of the molecule is CCN(C(=O)c1c(F)cccc1Cl)C1COCC1C(=O)O. The van der Waals surface area contributed by atoms with E-state index in [1.165, 1.54) is 17.0 Å². The van der Waals surface area contributed by atoms with Crippen molar-refractivity contribution >= 4 is 23.5 Å². The molecule has 0 aliphatic carbocycles. The van der Waals surface area contributed by atoms with Crippen LogP contribution in [0.5, 0.6) is 0 Å². The van der Waals surface area contributed by atoms with Crippen LogP contribution in [-0.2, 0) is 9.53 Å². The summed E-state index contributed by atoms with van der Waals surface area (Å²) >= 11 is 5.90. The van der Waals surface area contributed by atoms with Crippen LogP contribution in [0, 0.1) is 11.7 Å². The average Bonchev–Trinajstić information content (AvgIpc) is 2.88. The molecular formula is C14H15ClFNO4. The summed E-state index contributed by atoms with van der Waals surface area (Å²) < 4.78 is 19.0. The third-order valence-electron chi connectivity index (χ3n) is 3.55. The van der Waals surface area contributed by atoms with Crippen LogP contribution < -0.4 is 0 Å². The largest absolute Gasteiger partial charge is 0.481 e. The molecule has 0 saturated carbocycles. The van der Waals surface area contributed by atoms with Crippen molar-refractivity contribution in [1.29, 1.82) is 0 Å². The monoisotopic (exact) mass is 315 g/mol. The van der Waals surface area contributed by atoms with E-state index < -0.39 is 29.7 Å². The zero-order valence-electron chi connectivity index (χ0n) is 11.4. The summed E-state index contributed by atoms with van der Waals surface area (Å²) in [7, 11) is 0. The fourth-order valence-corrected chi connectivity index (χ4v) is 2.70. The summed E-state index contributed by atoms with van der Waals surface area (Å²) in [5.74, 6) is -3.21. The predicted molar refractivity (Wildman–Crippen MR) is 73.9 cm³/mol. The van der Waals surface area contributed by atoms with Gasteiger partial charge in [0.1, 0.15) is 11.7 Å². The van der Waals surface area contributed by atoms with Gasteiger partial charge in [-0.1, -0.05) is 17.7 Å². The third kappa shape index (κ3) is 3.01. The smallest absolute Gasteiger partial charge is 0.311 e. The number of carbonyl (C=O) groups excluding carboxylic acids is 1. The highest BCUT2D eigenvalue weighted by molar-refractivity contribution is 6.33. The van der Waals surface area contributed by atoms with Crippen molar-refractivity contribution in [3.63, 3.8) is 0 Å². The van der Waals surface area contributed by atoms with Gasteiger partial charge < -0.3 is 14.7 Å². The summed E-state index contributed by atoms with van der Waals surface area (Å²) in [5, 5.41) is 9.18. The number of amides is 1. The minimum absolute atomic E-state index is 0.00393. The number of carboxylic acids is 1. The molecule has 0 radical (unpaired) electrons. The number of ether oxygens (including phenoxy) is 1. The Morgan fingerprint density at radius 1 is 1.48 bits per heavy atom. The van der Waals surface area contributed by atoms with Crippen molar-refractivity contribution in [3.8, 4) is 0 Å². The van der Waals surface area contributed by atoms with E-state index in [-0.39, 0.29) is 30.3 Å². The molecule has 1 N–H and O–H groups in total. The fourth-order valence-electron chi connectivity index (χ4n) is 2.46. The van der Waals surface area contributed by atoms with E-state index >= 15 is 0 Å². The third-order valence-corrected chi connectivity index (χ3v) is 3.86. The molecule has 2 atom stereocenters. The second-order valence-electron chi connectivity index (χ2n) is 4.74. The summed E-state index contributed by atoms with van der Waals surface area (Å²) in [5.41, 5.74) is -0.239. The molecule has 7 heteroatoms. The van der Waals surface area contributed by atoms with Gasteiger partial charge in [-0.25, -0.2) is 4.39 Å². The molecule has 114 valence electrons. The maximum absolute atomic E-state index is 13.9. The lowest BCUT2D eigenvalue weighted by molar-refractivity contribution is -0.142. The molecule has 1 saturated heterocycles. The van der Waals surface area contributed by atoms with Gasteiger partial charge in [0.25, 0.3) is 5.91 Å². The standard InChI is InChI=1S/C14H15ClFNO4/c1-2-17(11-7-21-6-8(11)14(19)20)13(18)12-9(15)4-3-5-10(12)16/h3-5,8,11H,2,6-7H2,1H3,(H,19,20). The van der Waals surface area contributed by atoms with E-state index in [1.54, 1.807) is 6.92 Å². The van der Waals surface area contributed by atoms with Crippen molar-refractivity contribution in [2.45, 2.75) is 13.0 Å². The minimum Gasteiger partial charge on any atom is -0.481 e. The molecule has 1 aliphatic rings. The molecule has 0 spiro atoms. The molecule has 21 heavy (non-hydrogen) atoms. The molecular weight excluding hydrogens is 301 g/mol. The Morgan fingerprint density at radius 2 is 2.19 bits per heavy atom. The molecule has 1 heterocycles. The van der Waals surface area contributed by atoms with Crippen LogP contribution >= 0.6 is 11.6 Å². The van der Waals surface area contributed by atoms with Gasteiger partial charge in [0.05, 0.1) is 29.8 Å².